The van der Waals surface area contributed by atoms with Gasteiger partial charge in [-0.05, 0) is 38.1 Å². The molecule has 6 nitrogen and oxygen atoms in total. The summed E-state index contributed by atoms with van der Waals surface area (Å²) in [5.74, 6) is 0.479. The minimum Gasteiger partial charge on any atom is -0.396 e. The van der Waals surface area contributed by atoms with Crippen LogP contribution in [0.2, 0.25) is 0 Å². The lowest BCUT2D eigenvalue weighted by Gasteiger charge is -2.42. The fourth-order valence-corrected chi connectivity index (χ4v) is 3.70. The van der Waals surface area contributed by atoms with Gasteiger partial charge in [0.1, 0.15) is 5.69 Å². The Balaban J connectivity index is 1.53. The van der Waals surface area contributed by atoms with Crippen molar-refractivity contribution in [3.8, 4) is 0 Å². The van der Waals surface area contributed by atoms with Gasteiger partial charge < -0.3 is 14.6 Å². The van der Waals surface area contributed by atoms with Gasteiger partial charge >= 0.3 is 0 Å². The summed E-state index contributed by atoms with van der Waals surface area (Å²) in [5, 5.41) is 9.36. The first-order valence-corrected chi connectivity index (χ1v) is 8.29. The highest BCUT2D eigenvalue weighted by molar-refractivity contribution is 5.92. The third kappa shape index (κ3) is 3.33. The molecule has 22 heavy (non-hydrogen) atoms. The molecule has 1 aromatic heterocycles. The van der Waals surface area contributed by atoms with Crippen molar-refractivity contribution in [2.75, 3.05) is 32.8 Å². The van der Waals surface area contributed by atoms with Crippen LogP contribution in [0.15, 0.2) is 12.5 Å². The Kier molecular flexibility index (Phi) is 4.78. The van der Waals surface area contributed by atoms with E-state index in [-0.39, 0.29) is 5.91 Å². The molecular weight excluding hydrogens is 280 g/mol. The van der Waals surface area contributed by atoms with Crippen LogP contribution >= 0.6 is 0 Å². The van der Waals surface area contributed by atoms with E-state index in [1.807, 2.05) is 16.5 Å². The van der Waals surface area contributed by atoms with Crippen molar-refractivity contribution in [1.82, 2.24) is 19.4 Å². The number of carbonyl (C=O) groups excluding carboxylic acids is 1. The summed E-state index contributed by atoms with van der Waals surface area (Å²) in [4.78, 5) is 21.0. The van der Waals surface area contributed by atoms with Crippen LogP contribution in [0.4, 0.5) is 0 Å². The lowest BCUT2D eigenvalue weighted by Crippen LogP contribution is -2.50. The second-order valence-electron chi connectivity index (χ2n) is 6.63. The van der Waals surface area contributed by atoms with Crippen LogP contribution in [0.25, 0.3) is 0 Å². The van der Waals surface area contributed by atoms with Crippen LogP contribution < -0.4 is 0 Å². The average molecular weight is 306 g/mol. The van der Waals surface area contributed by atoms with E-state index in [4.69, 9.17) is 0 Å². The fraction of sp³-hybridized carbons (Fsp3) is 0.750. The number of likely N-dealkylation sites (tertiary alicyclic amines) is 2. The monoisotopic (exact) mass is 306 g/mol. The van der Waals surface area contributed by atoms with E-state index in [0.717, 1.165) is 45.4 Å². The molecule has 2 aliphatic heterocycles. The third-order valence-electron chi connectivity index (χ3n) is 5.00. The molecule has 0 spiro atoms. The highest BCUT2D eigenvalue weighted by Gasteiger charge is 2.30. The van der Waals surface area contributed by atoms with Gasteiger partial charge in [-0.1, -0.05) is 0 Å². The van der Waals surface area contributed by atoms with Crippen molar-refractivity contribution in [2.24, 2.45) is 13.0 Å². The SMILES string of the molecule is Cn1cnc(C(=O)N2CCC(N3CCCC(CO)C3)CC2)c1. The van der Waals surface area contributed by atoms with Gasteiger partial charge in [-0.25, -0.2) is 4.98 Å². The molecule has 1 aromatic rings. The maximum atomic E-state index is 12.4. The molecule has 6 heteroatoms. The molecule has 3 rings (SSSR count). The molecule has 0 aromatic carbocycles. The predicted molar refractivity (Wildman–Crippen MR) is 83.5 cm³/mol. The van der Waals surface area contributed by atoms with Crippen molar-refractivity contribution in [2.45, 2.75) is 31.7 Å². The van der Waals surface area contributed by atoms with Gasteiger partial charge in [-0.3, -0.25) is 9.69 Å². The van der Waals surface area contributed by atoms with Crippen LogP contribution in [-0.2, 0) is 7.05 Å². The normalized spacial score (nSPS) is 24.6. The van der Waals surface area contributed by atoms with Crippen LogP contribution in [0.3, 0.4) is 0 Å². The number of carbonyl (C=O) groups is 1. The summed E-state index contributed by atoms with van der Waals surface area (Å²) in [5.41, 5.74) is 0.541. The lowest BCUT2D eigenvalue weighted by atomic mass is 9.94. The number of hydrogen-bond acceptors (Lipinski definition) is 4. The van der Waals surface area contributed by atoms with Gasteiger partial charge in [0.05, 0.1) is 6.33 Å². The molecule has 122 valence electrons. The number of piperidine rings is 2. The highest BCUT2D eigenvalue weighted by atomic mass is 16.3. The topological polar surface area (TPSA) is 61.6 Å². The molecule has 1 N–H and O–H groups in total. The fourth-order valence-electron chi connectivity index (χ4n) is 3.70. The van der Waals surface area contributed by atoms with Gasteiger partial charge in [0, 0.05) is 45.5 Å². The van der Waals surface area contributed by atoms with Crippen LogP contribution in [0, 0.1) is 5.92 Å². The first kappa shape index (κ1) is 15.5. The highest BCUT2D eigenvalue weighted by Crippen LogP contribution is 2.24. The molecule has 0 radical (unpaired) electrons. The molecule has 1 atom stereocenters. The zero-order chi connectivity index (χ0) is 15.5. The minimum atomic E-state index is 0.0472. The van der Waals surface area contributed by atoms with Crippen molar-refractivity contribution < 1.29 is 9.90 Å². The van der Waals surface area contributed by atoms with Gasteiger partial charge in [0.25, 0.3) is 5.91 Å². The van der Waals surface area contributed by atoms with E-state index in [1.54, 1.807) is 12.5 Å². The van der Waals surface area contributed by atoms with E-state index >= 15 is 0 Å². The summed E-state index contributed by atoms with van der Waals surface area (Å²) >= 11 is 0. The summed E-state index contributed by atoms with van der Waals surface area (Å²) in [6, 6.07) is 0.558. The summed E-state index contributed by atoms with van der Waals surface area (Å²) in [6.45, 7) is 4.05. The summed E-state index contributed by atoms with van der Waals surface area (Å²) < 4.78 is 1.81. The molecule has 2 fully saturated rings. The summed E-state index contributed by atoms with van der Waals surface area (Å²) in [7, 11) is 1.88. The predicted octanol–water partition coefficient (Wildman–Crippen LogP) is 0.729. The van der Waals surface area contributed by atoms with Crippen molar-refractivity contribution >= 4 is 5.91 Å². The second kappa shape index (κ2) is 6.79. The number of rotatable bonds is 3. The Bertz CT molecular complexity index is 508. The molecule has 0 aliphatic carbocycles. The molecular formula is C16H26N4O2. The van der Waals surface area contributed by atoms with Gasteiger partial charge in [0.15, 0.2) is 0 Å². The van der Waals surface area contributed by atoms with Crippen molar-refractivity contribution in [3.63, 3.8) is 0 Å². The van der Waals surface area contributed by atoms with Crippen LogP contribution in [-0.4, -0.2) is 69.2 Å². The molecule has 1 unspecified atom stereocenters. The lowest BCUT2D eigenvalue weighted by molar-refractivity contribution is 0.0452. The number of aryl methyl sites for hydroxylation is 1. The standard InChI is InChI=1S/C16H26N4O2/c1-18-10-15(17-12-18)16(22)19-7-4-14(5-8-19)20-6-2-3-13(9-20)11-21/h10,12-14,21H,2-9,11H2,1H3. The quantitative estimate of drug-likeness (QED) is 0.894. The number of hydrogen-bond donors (Lipinski definition) is 1. The van der Waals surface area contributed by atoms with E-state index in [9.17, 15) is 9.90 Å². The number of aromatic nitrogens is 2. The van der Waals surface area contributed by atoms with Crippen LogP contribution in [0.5, 0.6) is 0 Å². The Morgan fingerprint density at radius 1 is 1.32 bits per heavy atom. The van der Waals surface area contributed by atoms with Crippen LogP contribution in [0.1, 0.15) is 36.2 Å². The average Bonchev–Trinajstić information content (AvgIpc) is 3.01. The Labute approximate surface area is 131 Å². The molecule has 0 saturated carbocycles. The first-order valence-electron chi connectivity index (χ1n) is 8.29. The number of amides is 1. The van der Waals surface area contributed by atoms with Crippen molar-refractivity contribution in [3.05, 3.63) is 18.2 Å². The molecule has 1 amide bonds. The van der Waals surface area contributed by atoms with E-state index in [0.29, 0.717) is 24.3 Å². The summed E-state index contributed by atoms with van der Waals surface area (Å²) in [6.07, 6.45) is 7.82. The largest absolute Gasteiger partial charge is 0.396 e. The number of imidazole rings is 1. The smallest absolute Gasteiger partial charge is 0.274 e. The molecule has 2 saturated heterocycles. The first-order chi connectivity index (χ1) is 10.7. The maximum Gasteiger partial charge on any atom is 0.274 e. The molecule has 0 bridgehead atoms. The van der Waals surface area contributed by atoms with E-state index in [2.05, 4.69) is 9.88 Å². The Hall–Kier alpha value is -1.40. The molecule has 2 aliphatic rings. The van der Waals surface area contributed by atoms with Gasteiger partial charge in [-0.15, -0.1) is 0 Å². The number of nitrogens with zero attached hydrogens (tertiary/aromatic N) is 4. The van der Waals surface area contributed by atoms with Crippen molar-refractivity contribution in [1.29, 1.82) is 0 Å². The van der Waals surface area contributed by atoms with Gasteiger partial charge in [0.2, 0.25) is 0 Å². The van der Waals surface area contributed by atoms with E-state index < -0.39 is 0 Å². The minimum absolute atomic E-state index is 0.0472. The second-order valence-corrected chi connectivity index (χ2v) is 6.63. The maximum absolute atomic E-state index is 12.4. The zero-order valence-electron chi connectivity index (χ0n) is 13.3. The number of aliphatic hydroxyl groups excluding tert-OH is 1. The Morgan fingerprint density at radius 2 is 2.09 bits per heavy atom. The number of aliphatic hydroxyl groups is 1. The third-order valence-corrected chi connectivity index (χ3v) is 5.00. The van der Waals surface area contributed by atoms with Gasteiger partial charge in [-0.2, -0.15) is 0 Å². The Morgan fingerprint density at radius 3 is 2.73 bits per heavy atom. The van der Waals surface area contributed by atoms with E-state index in [1.165, 1.54) is 6.42 Å². The molecule has 3 heterocycles. The zero-order valence-corrected chi connectivity index (χ0v) is 13.3.